The van der Waals surface area contributed by atoms with Gasteiger partial charge in [0.15, 0.2) is 0 Å². The third-order valence-electron chi connectivity index (χ3n) is 16.2. The van der Waals surface area contributed by atoms with Crippen molar-refractivity contribution in [2.75, 3.05) is 0 Å². The van der Waals surface area contributed by atoms with Gasteiger partial charge in [-0.1, -0.05) is 311 Å². The van der Waals surface area contributed by atoms with Gasteiger partial charge < -0.3 is 28.8 Å². The third-order valence-corrected chi connectivity index (χ3v) is 16.2. The molecule has 0 amide bonds. The van der Waals surface area contributed by atoms with Crippen LogP contribution >= 0.6 is 0 Å². The minimum absolute atomic E-state index is 0. The summed E-state index contributed by atoms with van der Waals surface area (Å²) < 4.78 is 145. The average Bonchev–Trinajstić information content (AvgIpc) is 1.59. The van der Waals surface area contributed by atoms with Gasteiger partial charge in [-0.25, -0.2) is 0 Å². The van der Waals surface area contributed by atoms with Gasteiger partial charge in [0.25, 0.3) is 0 Å². The largest absolute Gasteiger partial charge is 0.500 e. The minimum atomic E-state index is -2.30. The number of hydrogen-bond acceptors (Lipinski definition) is 6. The predicted octanol–water partition coefficient (Wildman–Crippen LogP) is 27.7. The molecule has 0 aliphatic rings. The Bertz CT molecular complexity index is 6130. The first-order valence-electron chi connectivity index (χ1n) is 43.8. The van der Waals surface area contributed by atoms with Crippen molar-refractivity contribution in [3.63, 3.8) is 0 Å². The third kappa shape index (κ3) is 21.1. The van der Waals surface area contributed by atoms with Crippen LogP contribution < -0.4 is 0 Å². The quantitative estimate of drug-likeness (QED) is 0.141. The molecule has 0 unspecified atom stereocenters. The fraction of sp³-hybridized carbons (Fsp3) is 0.232. The number of furan rings is 2. The van der Waals surface area contributed by atoms with E-state index in [4.69, 9.17) is 32.1 Å². The summed E-state index contributed by atoms with van der Waals surface area (Å²) in [5.74, 6) is -0.500. The summed E-state index contributed by atoms with van der Waals surface area (Å²) in [6.45, 7) is 15.6. The maximum absolute atomic E-state index is 8.39. The van der Waals surface area contributed by atoms with E-state index < -0.39 is 44.1 Å². The van der Waals surface area contributed by atoms with Crippen LogP contribution in [-0.4, -0.2) is 19.9 Å². The van der Waals surface area contributed by atoms with Crippen LogP contribution in [-0.2, 0) is 53.0 Å². The molecule has 2 radical (unpaired) electrons. The van der Waals surface area contributed by atoms with Gasteiger partial charge in [-0.3, -0.25) is 0 Å². The molecule has 0 spiro atoms. The van der Waals surface area contributed by atoms with Crippen LogP contribution in [0.3, 0.4) is 0 Å². The summed E-state index contributed by atoms with van der Waals surface area (Å²) in [5.41, 5.74) is 13.3. The Hall–Kier alpha value is -9.78. The van der Waals surface area contributed by atoms with Gasteiger partial charge in [-0.2, -0.15) is 0 Å². The van der Waals surface area contributed by atoms with E-state index in [2.05, 4.69) is 74.5 Å². The van der Waals surface area contributed by atoms with Crippen LogP contribution in [0.25, 0.3) is 133 Å². The summed E-state index contributed by atoms with van der Waals surface area (Å²) in [6.07, 6.45) is 3.13. The zero-order valence-electron chi connectivity index (χ0n) is 79.4. The number of nitrogens with zero attached hydrogens (tertiary/aromatic N) is 4. The molecule has 0 atom stereocenters. The Morgan fingerprint density at radius 1 is 0.393 bits per heavy atom. The van der Waals surface area contributed by atoms with Crippen LogP contribution in [0.1, 0.15) is 145 Å². The van der Waals surface area contributed by atoms with Crippen molar-refractivity contribution in [3.8, 4) is 67.3 Å². The number of rotatable bonds is 8. The second-order valence-corrected chi connectivity index (χ2v) is 28.7. The normalized spacial score (nSPS) is 14.3. The summed E-state index contributed by atoms with van der Waals surface area (Å²) in [4.78, 5) is 17.7. The Kier molecular flexibility index (Phi) is 20.7. The van der Waals surface area contributed by atoms with Crippen LogP contribution in [0.5, 0.6) is 0 Å². The van der Waals surface area contributed by atoms with E-state index in [9.17, 15) is 0 Å². The van der Waals surface area contributed by atoms with Crippen molar-refractivity contribution < 1.29 is 72.3 Å². The molecule has 0 N–H and O–H groups in total. The van der Waals surface area contributed by atoms with E-state index in [-0.39, 0.29) is 82.5 Å². The molecule has 0 saturated carbocycles. The van der Waals surface area contributed by atoms with E-state index in [1.165, 1.54) is 18.3 Å². The number of benzene rings is 10. The molecule has 0 fully saturated rings. The van der Waals surface area contributed by atoms with Crippen molar-refractivity contribution in [2.24, 2.45) is 22.6 Å². The maximum Gasteiger partial charge on any atom is 0.128 e. The molecule has 6 heterocycles. The van der Waals surface area contributed by atoms with Crippen molar-refractivity contribution in [1.82, 2.24) is 19.9 Å². The van der Waals surface area contributed by atoms with Crippen LogP contribution in [0, 0.1) is 81.2 Å². The van der Waals surface area contributed by atoms with Gasteiger partial charge >= 0.3 is 0 Å². The van der Waals surface area contributed by atoms with E-state index in [0.717, 1.165) is 87.8 Å². The first kappa shape index (κ1) is 60.3. The molecular formula is C99H98Ir2N4O2-4. The molecule has 0 saturated heterocycles. The number of pyridine rings is 4. The number of fused-ring (bicyclic) bond motifs is 10. The Morgan fingerprint density at radius 2 is 0.813 bits per heavy atom. The summed E-state index contributed by atoms with van der Waals surface area (Å²) in [5, 5.41) is 8.52. The molecule has 0 aliphatic carbocycles. The second kappa shape index (κ2) is 36.7. The van der Waals surface area contributed by atoms with Gasteiger partial charge in [0.05, 0.1) is 11.2 Å². The zero-order chi connectivity index (χ0) is 88.9. The van der Waals surface area contributed by atoms with Gasteiger partial charge in [-0.05, 0) is 123 Å². The van der Waals surface area contributed by atoms with Gasteiger partial charge in [0.1, 0.15) is 11.2 Å². The van der Waals surface area contributed by atoms with Gasteiger partial charge in [0, 0.05) is 110 Å². The molecule has 6 aromatic heterocycles. The Morgan fingerprint density at radius 3 is 1.22 bits per heavy atom. The zero-order valence-corrected chi connectivity index (χ0v) is 67.1. The standard InChI is InChI=1S/C23H16NO.2C23H24N.C22H14NO.2C4H10.2Ir/c1-14-12-21(24-13-15(14)2)20-9-5-8-18-19-11-10-16-6-3-4-7-17(16)22(19)25-23(18)20;2*1-17-10-12-20(14-21(17)19-8-6-5-7-9-19)22-13-11-18(16-24-22)15-23(2,3)4;1-14-11-12-23-20(13-14)19-8-4-7-17-18-10-9-15-5-2-3-6-16(15)21(18)24-22(17)19;2*1-4(2)3;;/h3-8,10-13H,1-2H3;2*5-11,13-14,16H,15H2,1-4H3;2-7,9-13H,1H3;2*4H,1-3H3;;/q4*-1;;;;/i1D,2D3;2*1D3,15D2;1D;2*4D;;. The van der Waals surface area contributed by atoms with Crippen molar-refractivity contribution in [2.45, 2.75) is 130 Å². The minimum Gasteiger partial charge on any atom is -0.500 e. The number of hydrogen-bond donors (Lipinski definition) is 0. The predicted molar refractivity (Wildman–Crippen MR) is 446 cm³/mol. The summed E-state index contributed by atoms with van der Waals surface area (Å²) >= 11 is 0. The van der Waals surface area contributed by atoms with Crippen molar-refractivity contribution in [1.29, 1.82) is 0 Å². The van der Waals surface area contributed by atoms with Gasteiger partial charge in [0.2, 0.25) is 0 Å². The molecule has 107 heavy (non-hydrogen) atoms. The topological polar surface area (TPSA) is 77.8 Å². The van der Waals surface area contributed by atoms with E-state index in [1.54, 1.807) is 61.1 Å². The molecule has 0 aliphatic heterocycles. The van der Waals surface area contributed by atoms with E-state index in [0.29, 0.717) is 67.2 Å². The smallest absolute Gasteiger partial charge is 0.128 e. The van der Waals surface area contributed by atoms with Crippen LogP contribution in [0.2, 0.25) is 0 Å². The molecule has 16 aromatic rings. The van der Waals surface area contributed by atoms with Crippen molar-refractivity contribution in [3.05, 3.63) is 312 Å². The van der Waals surface area contributed by atoms with E-state index in [1.807, 2.05) is 223 Å². The van der Waals surface area contributed by atoms with Gasteiger partial charge in [-0.15, -0.1) is 95.1 Å². The summed E-state index contributed by atoms with van der Waals surface area (Å²) in [6, 6.07) is 82.7. The molecule has 6 nitrogen and oxygen atoms in total. The monoisotopic (exact) mass is 1780 g/mol. The molecule has 548 valence electrons. The van der Waals surface area contributed by atoms with Crippen LogP contribution in [0.15, 0.2) is 258 Å². The average molecular weight is 1780 g/mol. The molecular weight excluding hydrogens is 1660 g/mol. The second-order valence-electron chi connectivity index (χ2n) is 28.7. The fourth-order valence-electron chi connectivity index (χ4n) is 11.7. The number of aryl methyl sites for hydroxylation is 5. The van der Waals surface area contributed by atoms with Crippen LogP contribution in [0.4, 0.5) is 0 Å². The van der Waals surface area contributed by atoms with Crippen molar-refractivity contribution >= 4 is 65.4 Å². The molecule has 16 rings (SSSR count). The molecule has 10 aromatic carbocycles. The SMILES string of the molecule is [2H]C(C)(C)C.[2H]C(C)(C)C.[2H]C([2H])([2H])c1c[c-]c(-c2ccc(C([2H])([2H])C(C)(C)C)cn2)cc1-c1ccccc1.[2H]C([2H])([2H])c1c[c-]c(-c2ccc(C([2H])([2H])C(C)(C)C)cn2)cc1-c1ccccc1.[2H]Cc1cc(-c2[c-]ccc3c2oc2c4ccccc4ccc32)ncc1C([2H])([2H])[2H].[2H]Cc1ccnc(-c2[c-]ccc3c2oc2c4ccccc4ccc32)c1.[Ir].[Ir]. The van der Waals surface area contributed by atoms with E-state index >= 15 is 0 Å². The first-order chi connectivity index (χ1) is 57.1. The first-order valence-corrected chi connectivity index (χ1v) is 34.8. The Labute approximate surface area is 686 Å². The number of aromatic nitrogens is 4. The summed E-state index contributed by atoms with van der Waals surface area (Å²) in [7, 11) is 0. The Balaban J connectivity index is 0.000000180. The fourth-order valence-corrected chi connectivity index (χ4v) is 11.7. The molecule has 8 heteroatoms. The maximum atomic E-state index is 8.39. The molecule has 0 bridgehead atoms.